The Morgan fingerprint density at radius 3 is 2.95 bits per heavy atom. The molecule has 104 valence electrons. The summed E-state index contributed by atoms with van der Waals surface area (Å²) in [5.74, 6) is 0.124. The number of aryl methyl sites for hydroxylation is 1. The van der Waals surface area contributed by atoms with Crippen LogP contribution in [0, 0.1) is 0 Å². The number of benzene rings is 1. The van der Waals surface area contributed by atoms with Crippen molar-refractivity contribution in [3.63, 3.8) is 0 Å². The summed E-state index contributed by atoms with van der Waals surface area (Å²) in [6.45, 7) is 2.20. The summed E-state index contributed by atoms with van der Waals surface area (Å²) < 4.78 is 0. The predicted octanol–water partition coefficient (Wildman–Crippen LogP) is 3.54. The Labute approximate surface area is 115 Å². The van der Waals surface area contributed by atoms with Crippen molar-refractivity contribution in [2.75, 3.05) is 5.32 Å². The molecule has 3 N–H and O–H groups in total. The number of anilines is 1. The highest BCUT2D eigenvalue weighted by molar-refractivity contribution is 5.92. The van der Waals surface area contributed by atoms with Gasteiger partial charge in [0.2, 0.25) is 5.91 Å². The molecule has 0 aliphatic carbocycles. The second-order valence-electron chi connectivity index (χ2n) is 5.42. The van der Waals surface area contributed by atoms with E-state index in [1.54, 1.807) is 0 Å². The Kier molecular flexibility index (Phi) is 4.97. The lowest BCUT2D eigenvalue weighted by Crippen LogP contribution is -2.12. The third-order valence-electron chi connectivity index (χ3n) is 3.80. The summed E-state index contributed by atoms with van der Waals surface area (Å²) in [5.41, 5.74) is 9.64. The molecule has 0 spiro atoms. The molecule has 1 unspecified atom stereocenters. The second-order valence-corrected chi connectivity index (χ2v) is 5.42. The van der Waals surface area contributed by atoms with Crippen LogP contribution in [0.4, 0.5) is 5.69 Å². The average molecular weight is 260 g/mol. The first kappa shape index (κ1) is 14.1. The first-order valence-corrected chi connectivity index (χ1v) is 7.39. The molecular formula is C16H24N2O. The quantitative estimate of drug-likeness (QED) is 0.796. The highest BCUT2D eigenvalue weighted by atomic mass is 16.1. The molecule has 1 aliphatic heterocycles. The number of amides is 1. The van der Waals surface area contributed by atoms with E-state index in [0.717, 1.165) is 24.9 Å². The van der Waals surface area contributed by atoms with Crippen LogP contribution in [-0.2, 0) is 11.2 Å². The fourth-order valence-electron chi connectivity index (χ4n) is 2.61. The van der Waals surface area contributed by atoms with Gasteiger partial charge >= 0.3 is 0 Å². The first-order chi connectivity index (χ1) is 9.20. The zero-order chi connectivity index (χ0) is 13.7. The smallest absolute Gasteiger partial charge is 0.224 e. The summed E-state index contributed by atoms with van der Waals surface area (Å²) in [6, 6.07) is 6.36. The molecule has 19 heavy (non-hydrogen) atoms. The maximum absolute atomic E-state index is 11.5. The molecule has 0 fully saturated rings. The molecule has 2 rings (SSSR count). The van der Waals surface area contributed by atoms with Crippen LogP contribution in [-0.4, -0.2) is 5.91 Å². The van der Waals surface area contributed by atoms with Gasteiger partial charge in [-0.05, 0) is 36.5 Å². The maximum atomic E-state index is 11.5. The molecule has 1 amide bonds. The number of rotatable bonds is 5. The maximum Gasteiger partial charge on any atom is 0.224 e. The van der Waals surface area contributed by atoms with Crippen LogP contribution in [0.2, 0.25) is 0 Å². The zero-order valence-corrected chi connectivity index (χ0v) is 11.7. The summed E-state index contributed by atoms with van der Waals surface area (Å²) in [6.07, 6.45) is 7.20. The van der Waals surface area contributed by atoms with Crippen molar-refractivity contribution in [1.29, 1.82) is 0 Å². The molecule has 3 heteroatoms. The van der Waals surface area contributed by atoms with Crippen molar-refractivity contribution in [2.45, 2.75) is 57.9 Å². The summed E-state index contributed by atoms with van der Waals surface area (Å²) in [5, 5.41) is 2.96. The number of carbonyl (C=O) groups is 1. The normalized spacial score (nSPS) is 16.4. The molecule has 0 saturated heterocycles. The molecule has 0 radical (unpaired) electrons. The minimum Gasteiger partial charge on any atom is -0.326 e. The van der Waals surface area contributed by atoms with Crippen LogP contribution in [0.5, 0.6) is 0 Å². The van der Waals surface area contributed by atoms with Gasteiger partial charge < -0.3 is 11.1 Å². The number of hydrogen-bond donors (Lipinski definition) is 2. The molecule has 1 aromatic rings. The van der Waals surface area contributed by atoms with Gasteiger partial charge in [-0.25, -0.2) is 0 Å². The Hall–Kier alpha value is -1.35. The third kappa shape index (κ3) is 3.80. The lowest BCUT2D eigenvalue weighted by atomic mass is 9.97. The minimum absolute atomic E-state index is 0.121. The number of carbonyl (C=O) groups excluding carboxylic acids is 1. The highest BCUT2D eigenvalue weighted by Crippen LogP contribution is 2.26. The molecule has 1 heterocycles. The molecule has 1 atom stereocenters. The van der Waals surface area contributed by atoms with E-state index in [0.29, 0.717) is 6.42 Å². The lowest BCUT2D eigenvalue weighted by Gasteiger charge is -2.15. The van der Waals surface area contributed by atoms with E-state index >= 15 is 0 Å². The van der Waals surface area contributed by atoms with Crippen molar-refractivity contribution in [3.8, 4) is 0 Å². The van der Waals surface area contributed by atoms with Gasteiger partial charge in [0, 0.05) is 18.2 Å². The largest absolute Gasteiger partial charge is 0.326 e. The van der Waals surface area contributed by atoms with Gasteiger partial charge in [0.25, 0.3) is 0 Å². The van der Waals surface area contributed by atoms with Crippen molar-refractivity contribution in [1.82, 2.24) is 0 Å². The predicted molar refractivity (Wildman–Crippen MR) is 79.1 cm³/mol. The monoisotopic (exact) mass is 260 g/mol. The van der Waals surface area contributed by atoms with E-state index in [1.807, 2.05) is 6.07 Å². The topological polar surface area (TPSA) is 55.1 Å². The van der Waals surface area contributed by atoms with E-state index in [4.69, 9.17) is 5.73 Å². The van der Waals surface area contributed by atoms with Crippen LogP contribution in [0.15, 0.2) is 18.2 Å². The molecular weight excluding hydrogens is 236 g/mol. The summed E-state index contributed by atoms with van der Waals surface area (Å²) >= 11 is 0. The minimum atomic E-state index is 0.121. The SMILES string of the molecule is CCCCCC(N)c1ccc2c(c1)CCCC(=O)N2. The fourth-order valence-corrected chi connectivity index (χ4v) is 2.61. The zero-order valence-electron chi connectivity index (χ0n) is 11.7. The summed E-state index contributed by atoms with van der Waals surface area (Å²) in [7, 11) is 0. The Bertz CT molecular complexity index is 442. The number of fused-ring (bicyclic) bond motifs is 1. The van der Waals surface area contributed by atoms with E-state index in [9.17, 15) is 4.79 Å². The number of unbranched alkanes of at least 4 members (excludes halogenated alkanes) is 2. The second kappa shape index (κ2) is 6.71. The van der Waals surface area contributed by atoms with Crippen LogP contribution in [0.1, 0.15) is 62.6 Å². The molecule has 0 aromatic heterocycles. The number of nitrogens with one attached hydrogen (secondary N) is 1. The van der Waals surface area contributed by atoms with Crippen LogP contribution >= 0.6 is 0 Å². The van der Waals surface area contributed by atoms with Gasteiger partial charge in [0.05, 0.1) is 0 Å². The van der Waals surface area contributed by atoms with Crippen molar-refractivity contribution < 1.29 is 4.79 Å². The fraction of sp³-hybridized carbons (Fsp3) is 0.562. The number of nitrogens with two attached hydrogens (primary N) is 1. The van der Waals surface area contributed by atoms with Crippen molar-refractivity contribution >= 4 is 11.6 Å². The first-order valence-electron chi connectivity index (χ1n) is 7.39. The average Bonchev–Trinajstić information content (AvgIpc) is 2.58. The van der Waals surface area contributed by atoms with Gasteiger partial charge in [-0.1, -0.05) is 38.3 Å². The van der Waals surface area contributed by atoms with Gasteiger partial charge in [-0.3, -0.25) is 4.79 Å². The Morgan fingerprint density at radius 2 is 2.16 bits per heavy atom. The standard InChI is InChI=1S/C16H24N2O/c1-2-3-4-7-14(17)12-9-10-15-13(11-12)6-5-8-16(19)18-15/h9-11,14H,2-8,17H2,1H3,(H,18,19). The Balaban J connectivity index is 2.07. The molecule has 0 bridgehead atoms. The lowest BCUT2D eigenvalue weighted by molar-refractivity contribution is -0.116. The highest BCUT2D eigenvalue weighted by Gasteiger charge is 2.14. The molecule has 0 saturated carbocycles. The van der Waals surface area contributed by atoms with Gasteiger partial charge in [0.1, 0.15) is 0 Å². The van der Waals surface area contributed by atoms with Gasteiger partial charge in [0.15, 0.2) is 0 Å². The number of hydrogen-bond acceptors (Lipinski definition) is 2. The van der Waals surface area contributed by atoms with Gasteiger partial charge in [-0.15, -0.1) is 0 Å². The van der Waals surface area contributed by atoms with Gasteiger partial charge in [-0.2, -0.15) is 0 Å². The van der Waals surface area contributed by atoms with E-state index in [-0.39, 0.29) is 11.9 Å². The molecule has 3 nitrogen and oxygen atoms in total. The van der Waals surface area contributed by atoms with Crippen LogP contribution in [0.3, 0.4) is 0 Å². The van der Waals surface area contributed by atoms with Crippen LogP contribution < -0.4 is 11.1 Å². The molecule has 1 aromatic carbocycles. The summed E-state index contributed by atoms with van der Waals surface area (Å²) in [4.78, 5) is 11.5. The van der Waals surface area contributed by atoms with Crippen LogP contribution in [0.25, 0.3) is 0 Å². The van der Waals surface area contributed by atoms with Crippen molar-refractivity contribution in [3.05, 3.63) is 29.3 Å². The third-order valence-corrected chi connectivity index (χ3v) is 3.80. The van der Waals surface area contributed by atoms with E-state index in [1.165, 1.54) is 30.4 Å². The Morgan fingerprint density at radius 1 is 1.32 bits per heavy atom. The van der Waals surface area contributed by atoms with E-state index in [2.05, 4.69) is 24.4 Å². The van der Waals surface area contributed by atoms with Crippen molar-refractivity contribution in [2.24, 2.45) is 5.73 Å². The molecule has 1 aliphatic rings. The van der Waals surface area contributed by atoms with E-state index < -0.39 is 0 Å².